The first-order valence-electron chi connectivity index (χ1n) is 49.6. The molecule has 18 fully saturated rings. The van der Waals surface area contributed by atoms with Crippen LogP contribution in [0.4, 0.5) is 0 Å². The summed E-state index contributed by atoms with van der Waals surface area (Å²) in [6.45, 7) is 12.1. The van der Waals surface area contributed by atoms with Crippen molar-refractivity contribution in [3.63, 3.8) is 0 Å². The van der Waals surface area contributed by atoms with E-state index in [0.717, 1.165) is 107 Å². The molecule has 18 aliphatic carbocycles. The average molecular weight is 2510 g/mol. The molecule has 18 heteroatoms. The van der Waals surface area contributed by atoms with Gasteiger partial charge in [-0.05, 0) is 189 Å². The molecule has 0 amide bonds. The quantitative estimate of drug-likeness (QED) is 0.264. The monoisotopic (exact) mass is 2490 g/mol. The molecule has 760 valence electrons. The van der Waals surface area contributed by atoms with Gasteiger partial charge in [-0.3, -0.25) is 0 Å². The minimum Gasteiger partial charge on any atom is -0.0622 e. The molecule has 0 spiro atoms. The third-order valence-electron chi connectivity index (χ3n) is 30.7. The Morgan fingerprint density at radius 2 is 0.398 bits per heavy atom. The first kappa shape index (κ1) is 159. The van der Waals surface area contributed by atoms with Crippen molar-refractivity contribution in [1.29, 1.82) is 0 Å². The van der Waals surface area contributed by atoms with E-state index in [-0.39, 0.29) is 89.1 Å². The molecule has 19 rings (SSSR count). The molecule has 0 aromatic heterocycles. The molecule has 18 saturated carbocycles. The van der Waals surface area contributed by atoms with Crippen LogP contribution in [0.3, 0.4) is 0 Å². The SMILES string of the molecule is C1CCCC1.C1CCCC1.C1CCCC1.C1CCCC1.C1CCCC1.C1CCCC1.CC1CC2CCCCC2C1.CC1CC2CCCCC2C1.CC1CCC2CCCCC12.CC1CCC2CCCCC12.CCCCC1CC2CCCCC2C1.[CH3-].[CH3-].[CH3-].[CH3-].[CH3-].[CH3-].[CH3-].[CH3-].[CH3-].[CH3-].[CH3-].[CH3-].[Cl][Zr+2][Cl].[Cl][Zr+2][Cl].[Cl][Zr+2][Cl].[Cl][Zr+2][Cl].[Cl][Zr+2][Cl].[Cl][Zr+2][Cl].c1ccc(C2CC3CCCCC3C2)cc1. The largest absolute Gasteiger partial charge is 0.0622 e. The molecule has 0 aliphatic heterocycles. The zero-order valence-electron chi connectivity index (χ0n) is 87.1. The molecule has 18 aliphatic rings. The smallest absolute Gasteiger partial charge is 0.0156 e. The van der Waals surface area contributed by atoms with E-state index in [0.29, 0.717) is 0 Å². The normalized spacial score (nSPS) is 28.9. The van der Waals surface area contributed by atoms with Crippen molar-refractivity contribution in [3.8, 4) is 0 Å². The summed E-state index contributed by atoms with van der Waals surface area (Å²) in [6, 6.07) is 11.2. The van der Waals surface area contributed by atoms with E-state index >= 15 is 0 Å². The van der Waals surface area contributed by atoms with Crippen LogP contribution in [0.2, 0.25) is 0 Å². The number of fused-ring (bicyclic) bond motifs is 6. The van der Waals surface area contributed by atoms with Gasteiger partial charge in [0.25, 0.3) is 0 Å². The summed E-state index contributed by atoms with van der Waals surface area (Å²) in [7, 11) is 59.2. The topological polar surface area (TPSA) is 0 Å². The molecular weight excluding hydrogens is 2290 g/mol. The fraction of sp³-hybridized carbons (Fsp3) is 0.836. The molecular formula is C110H212Cl12Zr6. The minimum absolute atomic E-state index is 0. The van der Waals surface area contributed by atoms with Gasteiger partial charge < -0.3 is 89.1 Å². The first-order chi connectivity index (χ1) is 56.8. The van der Waals surface area contributed by atoms with E-state index in [9.17, 15) is 0 Å². The van der Waals surface area contributed by atoms with E-state index in [4.69, 9.17) is 102 Å². The molecule has 0 nitrogen and oxygen atoms in total. The van der Waals surface area contributed by atoms with Gasteiger partial charge in [-0.1, -0.05) is 431 Å². The Morgan fingerprint density at radius 1 is 0.219 bits per heavy atom. The Morgan fingerprint density at radius 3 is 0.594 bits per heavy atom. The summed E-state index contributed by atoms with van der Waals surface area (Å²) < 4.78 is 0. The van der Waals surface area contributed by atoms with Crippen LogP contribution in [0.25, 0.3) is 0 Å². The minimum atomic E-state index is -0.826. The summed E-state index contributed by atoms with van der Waals surface area (Å²) in [6.07, 6.45) is 105. The summed E-state index contributed by atoms with van der Waals surface area (Å²) in [5.74, 6) is 19.7. The average Bonchev–Trinajstić information content (AvgIpc) is 1.72. The van der Waals surface area contributed by atoms with Crippen LogP contribution in [0.1, 0.15) is 489 Å². The number of unbranched alkanes of at least 4 members (excludes halogenated alkanes) is 1. The van der Waals surface area contributed by atoms with Crippen molar-refractivity contribution in [1.82, 2.24) is 0 Å². The number of hydrogen-bond donors (Lipinski definition) is 0. The second-order valence-corrected chi connectivity index (χ2v) is 61.4. The van der Waals surface area contributed by atoms with Crippen molar-refractivity contribution >= 4 is 102 Å². The van der Waals surface area contributed by atoms with Gasteiger partial charge in [-0.2, -0.15) is 0 Å². The third-order valence-corrected chi connectivity index (χ3v) is 30.7. The molecule has 0 bridgehead atoms. The summed E-state index contributed by atoms with van der Waals surface area (Å²) in [4.78, 5) is 0. The second-order valence-electron chi connectivity index (χ2n) is 39.0. The van der Waals surface area contributed by atoms with Crippen LogP contribution in [0, 0.1) is 190 Å². The van der Waals surface area contributed by atoms with Gasteiger partial charge in [0.2, 0.25) is 0 Å². The van der Waals surface area contributed by atoms with Gasteiger partial charge in [0.1, 0.15) is 0 Å². The second kappa shape index (κ2) is 115. The van der Waals surface area contributed by atoms with Crippen LogP contribution in [0.15, 0.2) is 30.3 Å². The number of hydrogen-bond acceptors (Lipinski definition) is 0. The third kappa shape index (κ3) is 82.0. The van der Waals surface area contributed by atoms with E-state index in [1.165, 1.54) is 327 Å². The zero-order chi connectivity index (χ0) is 84.5. The van der Waals surface area contributed by atoms with Crippen molar-refractivity contribution in [2.75, 3.05) is 0 Å². The standard InChI is InChI=1S/C15H20.C13H24.4C10H18.6C5H10.12CH3.12ClH.6Zr/c1-2-6-12(7-3-1)15-10-13-8-4-5-9-14(13)11-15;1-2-3-6-11-9-12-7-4-5-8-13(12)10-11;2*1-8-6-9-4-2-3-5-10(9)7-8;2*1-8-6-7-9-4-2-3-5-10(8)9;6*1-2-4-5-3-1;;;;;;;;;;;;;;;;;;;;;;;;;;;;;;/h1-3,6-7,13-15H,4-5,8-11H2;11-13H,2-10H2,1H3;4*8-10H,2-7H2,1H3;6*1-5H2;12*1H3;12*1H;;;;;;/q;;;;;;;;;;;;12*-1;;;;;;;;;;;;;6*+4/p-12. The van der Waals surface area contributed by atoms with Gasteiger partial charge >= 0.3 is 227 Å². The predicted octanol–water partition coefficient (Wildman–Crippen LogP) is 47.0. The van der Waals surface area contributed by atoms with Crippen molar-refractivity contribution < 1.29 is 125 Å². The van der Waals surface area contributed by atoms with Gasteiger partial charge in [0.15, 0.2) is 0 Å². The Balaban J connectivity index is -0.000000128. The Hall–Kier alpha value is 8.00. The molecule has 1 aromatic rings. The van der Waals surface area contributed by atoms with Crippen LogP contribution >= 0.6 is 102 Å². The first-order valence-corrected chi connectivity index (χ1v) is 87.6. The molecule has 0 radical (unpaired) electrons. The molecule has 0 saturated heterocycles. The van der Waals surface area contributed by atoms with Crippen molar-refractivity contribution in [3.05, 3.63) is 125 Å². The predicted molar refractivity (Wildman–Crippen MR) is 583 cm³/mol. The summed E-state index contributed by atoms with van der Waals surface area (Å²) in [5.41, 5.74) is 1.59. The maximum atomic E-state index is 4.93. The number of rotatable bonds is 4. The molecule has 128 heavy (non-hydrogen) atoms. The van der Waals surface area contributed by atoms with Crippen molar-refractivity contribution in [2.24, 2.45) is 101 Å². The number of halogens is 12. The van der Waals surface area contributed by atoms with Crippen LogP contribution < -0.4 is 0 Å². The van der Waals surface area contributed by atoms with E-state index in [1.54, 1.807) is 121 Å². The van der Waals surface area contributed by atoms with Crippen LogP contribution in [0.5, 0.6) is 0 Å². The van der Waals surface area contributed by atoms with Crippen molar-refractivity contribution in [2.45, 2.75) is 484 Å². The maximum Gasteiger partial charge on any atom is -0.0156 e. The molecule has 0 N–H and O–H groups in total. The van der Waals surface area contributed by atoms with E-state index in [2.05, 4.69) is 65.0 Å². The Labute approximate surface area is 923 Å². The fourth-order valence-corrected chi connectivity index (χ4v) is 24.8. The van der Waals surface area contributed by atoms with Gasteiger partial charge in [0.05, 0.1) is 0 Å². The van der Waals surface area contributed by atoms with Gasteiger partial charge in [-0.15, -0.1) is 0 Å². The zero-order valence-corrected chi connectivity index (χ0v) is 111. The molecule has 1 aromatic carbocycles. The van der Waals surface area contributed by atoms with E-state index in [1.807, 2.05) is 0 Å². The molecule has 14 unspecified atom stereocenters. The van der Waals surface area contributed by atoms with Gasteiger partial charge in [0, 0.05) is 0 Å². The fourth-order valence-electron chi connectivity index (χ4n) is 24.8. The molecule has 14 atom stereocenters. The Kier molecular flexibility index (Phi) is 143. The van der Waals surface area contributed by atoms with E-state index < -0.39 is 125 Å². The summed E-state index contributed by atoms with van der Waals surface area (Å²) >= 11 is -4.95. The van der Waals surface area contributed by atoms with Crippen LogP contribution in [-0.2, 0) is 125 Å². The number of benzene rings is 1. The van der Waals surface area contributed by atoms with Gasteiger partial charge in [-0.25, -0.2) is 0 Å². The summed E-state index contributed by atoms with van der Waals surface area (Å²) in [5, 5.41) is 0. The maximum absolute atomic E-state index is 4.93. The van der Waals surface area contributed by atoms with Crippen LogP contribution in [-0.4, -0.2) is 0 Å². The Bertz CT molecular complexity index is 1900. The molecule has 0 heterocycles.